The number of hydrogen-bond donors (Lipinski definition) is 2. The smallest absolute Gasteiger partial charge is 0.119 e. The summed E-state index contributed by atoms with van der Waals surface area (Å²) >= 11 is 0. The van der Waals surface area contributed by atoms with E-state index in [1.165, 1.54) is 22.3 Å². The molecule has 0 saturated carbocycles. The number of fused-ring (bicyclic) bond motifs is 3. The third-order valence-electron chi connectivity index (χ3n) is 6.71. The molecule has 1 aliphatic rings. The Bertz CT molecular complexity index is 1270. The molecule has 0 fully saturated rings. The zero-order valence-electron chi connectivity index (χ0n) is 18.5. The first-order valence-corrected chi connectivity index (χ1v) is 11.2. The highest BCUT2D eigenvalue weighted by atomic mass is 16.3. The third-order valence-corrected chi connectivity index (χ3v) is 6.71. The van der Waals surface area contributed by atoms with Crippen LogP contribution in [0.3, 0.4) is 0 Å². The highest BCUT2D eigenvalue weighted by molar-refractivity contribution is 5.86. The minimum atomic E-state index is -0.583. The molecule has 0 bridgehead atoms. The van der Waals surface area contributed by atoms with Gasteiger partial charge < -0.3 is 10.2 Å². The number of phenols is 2. The summed E-state index contributed by atoms with van der Waals surface area (Å²) in [6, 6.07) is 28.8. The Morgan fingerprint density at radius 2 is 1.03 bits per heavy atom. The van der Waals surface area contributed by atoms with Crippen molar-refractivity contribution in [3.63, 3.8) is 0 Å². The van der Waals surface area contributed by atoms with Gasteiger partial charge >= 0.3 is 0 Å². The molecule has 0 aliphatic heterocycles. The molecule has 0 unspecified atom stereocenters. The molecule has 0 saturated heterocycles. The highest BCUT2D eigenvalue weighted by Crippen LogP contribution is 2.56. The average Bonchev–Trinajstić information content (AvgIpc) is 3.14. The lowest BCUT2D eigenvalue weighted by molar-refractivity contribution is 0.469. The summed E-state index contributed by atoms with van der Waals surface area (Å²) < 4.78 is 0. The lowest BCUT2D eigenvalue weighted by atomic mass is 9.67. The molecular formula is C31H26O2. The van der Waals surface area contributed by atoms with Gasteiger partial charge in [-0.2, -0.15) is 0 Å². The number of phenolic OH excluding ortho intramolecular Hbond substituents is 2. The molecular weight excluding hydrogens is 404 g/mol. The maximum Gasteiger partial charge on any atom is 0.119 e. The van der Waals surface area contributed by atoms with Crippen molar-refractivity contribution in [2.75, 3.05) is 0 Å². The minimum Gasteiger partial charge on any atom is -0.508 e. The van der Waals surface area contributed by atoms with Gasteiger partial charge in [-0.1, -0.05) is 84.9 Å². The molecule has 2 heteroatoms. The fourth-order valence-electron chi connectivity index (χ4n) is 5.30. The molecule has 33 heavy (non-hydrogen) atoms. The van der Waals surface area contributed by atoms with Crippen LogP contribution < -0.4 is 0 Å². The van der Waals surface area contributed by atoms with E-state index in [9.17, 15) is 10.2 Å². The van der Waals surface area contributed by atoms with Crippen molar-refractivity contribution in [3.8, 4) is 22.6 Å². The van der Waals surface area contributed by atoms with Gasteiger partial charge in [0, 0.05) is 0 Å². The summed E-state index contributed by atoms with van der Waals surface area (Å²) in [5.41, 5.74) is 8.03. The summed E-state index contributed by atoms with van der Waals surface area (Å²) in [5, 5.41) is 21.0. The topological polar surface area (TPSA) is 40.5 Å². The lowest BCUT2D eigenvalue weighted by Crippen LogP contribution is -2.29. The van der Waals surface area contributed by atoms with Gasteiger partial charge in [-0.05, 0) is 69.5 Å². The lowest BCUT2D eigenvalue weighted by Gasteiger charge is -2.34. The van der Waals surface area contributed by atoms with Crippen molar-refractivity contribution < 1.29 is 10.2 Å². The normalized spacial score (nSPS) is 13.2. The quantitative estimate of drug-likeness (QED) is 0.287. The monoisotopic (exact) mass is 430 g/mol. The van der Waals surface area contributed by atoms with E-state index in [1.807, 2.05) is 24.3 Å². The first-order valence-electron chi connectivity index (χ1n) is 11.2. The molecule has 4 aromatic rings. The van der Waals surface area contributed by atoms with Gasteiger partial charge in [0.05, 0.1) is 5.41 Å². The average molecular weight is 431 g/mol. The van der Waals surface area contributed by atoms with Crippen LogP contribution in [0, 0.1) is 0 Å². The molecule has 2 nitrogen and oxygen atoms in total. The van der Waals surface area contributed by atoms with Crippen molar-refractivity contribution >= 4 is 0 Å². The second-order valence-corrected chi connectivity index (χ2v) is 8.51. The van der Waals surface area contributed by atoms with Gasteiger partial charge in [0.2, 0.25) is 0 Å². The Balaban J connectivity index is 1.92. The molecule has 0 aromatic heterocycles. The fourth-order valence-corrected chi connectivity index (χ4v) is 5.30. The third kappa shape index (κ3) is 3.10. The maximum atomic E-state index is 10.5. The van der Waals surface area contributed by atoms with Crippen LogP contribution in [0.15, 0.2) is 110 Å². The van der Waals surface area contributed by atoms with Crippen LogP contribution in [-0.2, 0) is 18.3 Å². The van der Waals surface area contributed by atoms with Crippen LogP contribution in [0.2, 0.25) is 0 Å². The number of aromatic hydroxyl groups is 2. The van der Waals surface area contributed by atoms with E-state index in [1.54, 1.807) is 12.1 Å². The zero-order valence-corrected chi connectivity index (χ0v) is 18.5. The molecule has 4 aromatic carbocycles. The molecule has 1 aliphatic carbocycles. The SMILES string of the molecule is C=CCc1cc(C2(c3ccc(O)c(CC=C)c3)c3ccccc3-c3ccccc32)ccc1O. The standard InChI is InChI=1S/C31H26O2/c1-3-9-21-19-23(15-17-29(21)32)31(24-16-18-30(33)22(20-24)10-4-2)27-13-7-5-11-25(27)26-12-6-8-14-28(26)31/h3-8,11-20,32-33H,1-2,9-10H2. The van der Waals surface area contributed by atoms with E-state index >= 15 is 0 Å². The van der Waals surface area contributed by atoms with Gasteiger partial charge in [-0.3, -0.25) is 0 Å². The van der Waals surface area contributed by atoms with Crippen LogP contribution in [0.4, 0.5) is 0 Å². The zero-order chi connectivity index (χ0) is 23.0. The van der Waals surface area contributed by atoms with E-state index < -0.39 is 5.41 Å². The summed E-state index contributed by atoms with van der Waals surface area (Å²) in [6.45, 7) is 7.73. The number of allylic oxidation sites excluding steroid dienone is 2. The molecule has 5 rings (SSSR count). The summed E-state index contributed by atoms with van der Waals surface area (Å²) in [4.78, 5) is 0. The second kappa shape index (κ2) is 8.14. The number of hydrogen-bond acceptors (Lipinski definition) is 2. The van der Waals surface area contributed by atoms with Crippen LogP contribution in [0.1, 0.15) is 33.4 Å². The summed E-state index contributed by atoms with van der Waals surface area (Å²) in [5.74, 6) is 0.540. The van der Waals surface area contributed by atoms with Gasteiger partial charge in [-0.15, -0.1) is 13.2 Å². The van der Waals surface area contributed by atoms with Gasteiger partial charge in [-0.25, -0.2) is 0 Å². The number of rotatable bonds is 6. The van der Waals surface area contributed by atoms with Crippen molar-refractivity contribution in [1.29, 1.82) is 0 Å². The van der Waals surface area contributed by atoms with Gasteiger partial charge in [0.1, 0.15) is 11.5 Å². The molecule has 0 atom stereocenters. The fraction of sp³-hybridized carbons (Fsp3) is 0.0968. The molecule has 162 valence electrons. The van der Waals surface area contributed by atoms with E-state index in [-0.39, 0.29) is 11.5 Å². The van der Waals surface area contributed by atoms with E-state index in [2.05, 4.69) is 73.8 Å². The first kappa shape index (κ1) is 20.8. The first-order chi connectivity index (χ1) is 16.1. The van der Waals surface area contributed by atoms with Crippen molar-refractivity contribution in [2.24, 2.45) is 0 Å². The summed E-state index contributed by atoms with van der Waals surface area (Å²) in [7, 11) is 0. The van der Waals surface area contributed by atoms with Crippen LogP contribution in [0.5, 0.6) is 11.5 Å². The molecule has 0 heterocycles. The highest BCUT2D eigenvalue weighted by Gasteiger charge is 2.46. The Kier molecular flexibility index (Phi) is 5.14. The maximum absolute atomic E-state index is 10.5. The van der Waals surface area contributed by atoms with Crippen molar-refractivity contribution in [2.45, 2.75) is 18.3 Å². The second-order valence-electron chi connectivity index (χ2n) is 8.51. The van der Waals surface area contributed by atoms with Gasteiger partial charge in [0.25, 0.3) is 0 Å². The predicted molar refractivity (Wildman–Crippen MR) is 135 cm³/mol. The molecule has 0 amide bonds. The van der Waals surface area contributed by atoms with Gasteiger partial charge in [0.15, 0.2) is 0 Å². The Morgan fingerprint density at radius 1 is 0.606 bits per heavy atom. The largest absolute Gasteiger partial charge is 0.508 e. The minimum absolute atomic E-state index is 0.270. The Hall–Kier alpha value is -4.04. The van der Waals surface area contributed by atoms with Crippen LogP contribution >= 0.6 is 0 Å². The van der Waals surface area contributed by atoms with E-state index in [0.717, 1.165) is 22.3 Å². The molecule has 0 radical (unpaired) electrons. The van der Waals surface area contributed by atoms with Crippen molar-refractivity contribution in [1.82, 2.24) is 0 Å². The van der Waals surface area contributed by atoms with E-state index in [0.29, 0.717) is 12.8 Å². The van der Waals surface area contributed by atoms with Crippen LogP contribution in [-0.4, -0.2) is 10.2 Å². The number of benzene rings is 4. The van der Waals surface area contributed by atoms with Crippen LogP contribution in [0.25, 0.3) is 11.1 Å². The van der Waals surface area contributed by atoms with E-state index in [4.69, 9.17) is 0 Å². The summed E-state index contributed by atoms with van der Waals surface area (Å²) in [6.07, 6.45) is 4.78. The predicted octanol–water partition coefficient (Wildman–Crippen LogP) is 6.92. The Labute approximate surface area is 194 Å². The van der Waals surface area contributed by atoms with Crippen molar-refractivity contribution in [3.05, 3.63) is 144 Å². The Morgan fingerprint density at radius 3 is 1.45 bits per heavy atom. The molecule has 0 spiro atoms. The molecule has 2 N–H and O–H groups in total.